The summed E-state index contributed by atoms with van der Waals surface area (Å²) < 4.78 is 34.0. The van der Waals surface area contributed by atoms with E-state index in [-0.39, 0.29) is 23.2 Å². The summed E-state index contributed by atoms with van der Waals surface area (Å²) in [5.41, 5.74) is 1.19. The Balaban J connectivity index is -0.000000196. The molecule has 0 amide bonds. The number of hydrogen-bond donors (Lipinski definition) is 1. The summed E-state index contributed by atoms with van der Waals surface area (Å²) in [6.07, 6.45) is 1.83. The molecule has 0 atom stereocenters. The van der Waals surface area contributed by atoms with Crippen molar-refractivity contribution in [3.8, 4) is 0 Å². The van der Waals surface area contributed by atoms with E-state index in [9.17, 15) is 0 Å². The van der Waals surface area contributed by atoms with Gasteiger partial charge in [-0.2, -0.15) is 36.9 Å². The van der Waals surface area contributed by atoms with E-state index >= 15 is 0 Å². The molecular formula is C12H16ClFeNO4. The Morgan fingerprint density at radius 2 is 1.32 bits per heavy atom. The molecule has 108 valence electrons. The van der Waals surface area contributed by atoms with E-state index in [0.29, 0.717) is 0 Å². The van der Waals surface area contributed by atoms with Gasteiger partial charge in [0, 0.05) is 0 Å². The molecule has 0 aliphatic rings. The van der Waals surface area contributed by atoms with Crippen LogP contribution in [-0.2, 0) is 17.1 Å². The second-order valence-electron chi connectivity index (χ2n) is 2.76. The van der Waals surface area contributed by atoms with Crippen LogP contribution < -0.4 is 24.8 Å². The van der Waals surface area contributed by atoms with E-state index in [1.165, 1.54) is 5.56 Å². The van der Waals surface area contributed by atoms with Crippen molar-refractivity contribution in [2.45, 2.75) is 0 Å². The molecule has 2 aromatic rings. The maximum atomic E-state index is 8.49. The van der Waals surface area contributed by atoms with Crippen molar-refractivity contribution >= 4 is 6.08 Å². The molecule has 0 spiro atoms. The Morgan fingerprint density at radius 3 is 1.47 bits per heavy atom. The minimum Gasteiger partial charge on any atom is -0.369 e. The van der Waals surface area contributed by atoms with Gasteiger partial charge in [0.15, 0.2) is 0 Å². The zero-order valence-corrected chi connectivity index (χ0v) is 12.2. The number of halogens is 1. The van der Waals surface area contributed by atoms with Gasteiger partial charge in [-0.15, -0.1) is 34.0 Å². The Kier molecular flexibility index (Phi) is 16.4. The molecule has 5 nitrogen and oxygen atoms in total. The average molecular weight is 330 g/mol. The molecular weight excluding hydrogens is 313 g/mol. The fourth-order valence-electron chi connectivity index (χ4n) is 0.846. The average Bonchev–Trinajstić information content (AvgIpc) is 2.92. The molecule has 0 radical (unpaired) electrons. The van der Waals surface area contributed by atoms with Crippen molar-refractivity contribution < 1.29 is 45.9 Å². The first-order valence-electron chi connectivity index (χ1n) is 4.56. The van der Waals surface area contributed by atoms with E-state index in [1.54, 1.807) is 0 Å². The third-order valence-corrected chi connectivity index (χ3v) is 1.48. The first-order chi connectivity index (χ1) is 7.93. The molecule has 0 saturated carbocycles. The van der Waals surface area contributed by atoms with Gasteiger partial charge in [-0.25, -0.2) is 30.8 Å². The summed E-state index contributed by atoms with van der Waals surface area (Å²) in [5.74, 6) is 0. The van der Waals surface area contributed by atoms with Crippen molar-refractivity contribution in [2.24, 2.45) is 0 Å². The van der Waals surface area contributed by atoms with Crippen LogP contribution in [0.5, 0.6) is 0 Å². The summed E-state index contributed by atoms with van der Waals surface area (Å²) in [7, 11) is -4.94. The molecule has 0 heterocycles. The van der Waals surface area contributed by atoms with Gasteiger partial charge in [-0.05, 0) is 0 Å². The summed E-state index contributed by atoms with van der Waals surface area (Å²) in [5, 5.41) is 0. The first kappa shape index (κ1) is 23.2. The van der Waals surface area contributed by atoms with Crippen molar-refractivity contribution in [1.29, 1.82) is 0 Å². The van der Waals surface area contributed by atoms with Crippen molar-refractivity contribution in [3.63, 3.8) is 0 Å². The number of rotatable bonds is 1. The molecule has 0 aromatic heterocycles. The van der Waals surface area contributed by atoms with Crippen LogP contribution >= 0.6 is 0 Å². The fourth-order valence-corrected chi connectivity index (χ4v) is 0.846. The van der Waals surface area contributed by atoms with Crippen LogP contribution in [0.25, 0.3) is 6.08 Å². The third-order valence-electron chi connectivity index (χ3n) is 1.48. The van der Waals surface area contributed by atoms with Crippen molar-refractivity contribution in [1.82, 2.24) is 6.15 Å². The monoisotopic (exact) mass is 329 g/mol. The Labute approximate surface area is 125 Å². The Bertz CT molecular complexity index is 348. The van der Waals surface area contributed by atoms with Crippen LogP contribution in [0.4, 0.5) is 0 Å². The molecule has 2 rings (SSSR count). The molecule has 19 heavy (non-hydrogen) atoms. The topological polar surface area (TPSA) is 129 Å². The smallest absolute Gasteiger partial charge is 0.369 e. The van der Waals surface area contributed by atoms with Gasteiger partial charge in [0.25, 0.3) is 0 Å². The van der Waals surface area contributed by atoms with Gasteiger partial charge in [0.2, 0.25) is 0 Å². The van der Waals surface area contributed by atoms with E-state index in [0.717, 1.165) is 0 Å². The largest absolute Gasteiger partial charge is 2.00 e. The van der Waals surface area contributed by atoms with Crippen molar-refractivity contribution in [3.05, 3.63) is 66.7 Å². The Hall–Kier alpha value is -0.951. The van der Waals surface area contributed by atoms with Gasteiger partial charge in [0.05, 0.1) is 0 Å². The van der Waals surface area contributed by atoms with Crippen LogP contribution in [-0.4, -0.2) is 0 Å². The van der Waals surface area contributed by atoms with Gasteiger partial charge in [-0.1, -0.05) is 0 Å². The Morgan fingerprint density at radius 1 is 0.947 bits per heavy atom. The zero-order valence-electron chi connectivity index (χ0n) is 10.3. The van der Waals surface area contributed by atoms with Crippen molar-refractivity contribution in [2.75, 3.05) is 0 Å². The van der Waals surface area contributed by atoms with Gasteiger partial charge in [-0.3, -0.25) is 0 Å². The fraction of sp³-hybridized carbons (Fsp3) is 0. The number of hydrogen-bond acceptors (Lipinski definition) is 4. The van der Waals surface area contributed by atoms with E-state index in [1.807, 2.05) is 60.7 Å². The zero-order chi connectivity index (χ0) is 13.1. The molecule has 0 saturated heterocycles. The maximum absolute atomic E-state index is 8.49. The van der Waals surface area contributed by atoms with Gasteiger partial charge in [0.1, 0.15) is 0 Å². The van der Waals surface area contributed by atoms with E-state index < -0.39 is 10.2 Å². The molecule has 0 fully saturated rings. The summed E-state index contributed by atoms with van der Waals surface area (Å²) in [4.78, 5) is 0. The normalized spacial score (nSPS) is 8.42. The minimum absolute atomic E-state index is 0. The predicted molar refractivity (Wildman–Crippen MR) is 60.1 cm³/mol. The second-order valence-corrected chi connectivity index (χ2v) is 3.52. The molecule has 0 bridgehead atoms. The number of quaternary nitrogens is 1. The SMILES string of the molecule is C=C[c-]1cccc1.[Fe+2].[NH4+].[O-][Cl+3]([O-])([O-])[O-].c1cc[cH-]c1. The van der Waals surface area contributed by atoms with Crippen LogP contribution in [0.2, 0.25) is 0 Å². The van der Waals surface area contributed by atoms with Gasteiger partial charge < -0.3 is 6.15 Å². The molecule has 0 unspecified atom stereocenters. The predicted octanol–water partition coefficient (Wildman–Crippen LogP) is -0.928. The van der Waals surface area contributed by atoms with Gasteiger partial charge >= 0.3 is 17.1 Å². The quantitative estimate of drug-likeness (QED) is 0.535. The van der Waals surface area contributed by atoms with E-state index in [2.05, 4.69) is 6.58 Å². The maximum Gasteiger partial charge on any atom is 2.00 e. The minimum atomic E-state index is -4.94. The summed E-state index contributed by atoms with van der Waals surface area (Å²) >= 11 is 0. The molecule has 0 aliphatic carbocycles. The van der Waals surface area contributed by atoms with Crippen LogP contribution in [0, 0.1) is 10.2 Å². The molecule has 2 aromatic carbocycles. The summed E-state index contributed by atoms with van der Waals surface area (Å²) in [6.45, 7) is 3.60. The van der Waals surface area contributed by atoms with E-state index in [4.69, 9.17) is 18.6 Å². The van der Waals surface area contributed by atoms with Crippen LogP contribution in [0.3, 0.4) is 0 Å². The second kappa shape index (κ2) is 13.5. The first-order valence-corrected chi connectivity index (χ1v) is 5.79. The third kappa shape index (κ3) is 22.7. The standard InChI is InChI=1S/C7H7.C5H5.ClHO4.Fe.H3N/c1-2-7-5-3-4-6-7;1-2-4-5-3-1;2-1(3,4)5;;/h2-6H,1H2;1-5H;(H,2,3,4,5);;1H3/q2*-1;;+2;. The molecule has 0 aliphatic heterocycles. The van der Waals surface area contributed by atoms with Crippen LogP contribution in [0.15, 0.2) is 61.2 Å². The van der Waals surface area contributed by atoms with Crippen LogP contribution in [0.1, 0.15) is 5.56 Å². The summed E-state index contributed by atoms with van der Waals surface area (Å²) in [6, 6.07) is 18.0. The molecule has 4 N–H and O–H groups in total. The molecule has 7 heteroatoms.